The largest absolute Gasteiger partial charge is 0.493 e. The van der Waals surface area contributed by atoms with E-state index in [1.807, 2.05) is 13.8 Å². The number of aromatic nitrogens is 2. The predicted octanol–water partition coefficient (Wildman–Crippen LogP) is 3.52. The van der Waals surface area contributed by atoms with Crippen molar-refractivity contribution in [2.45, 2.75) is 30.4 Å². The second kappa shape index (κ2) is 9.38. The predicted molar refractivity (Wildman–Crippen MR) is 120 cm³/mol. The quantitative estimate of drug-likeness (QED) is 0.309. The molecule has 0 bridgehead atoms. The Morgan fingerprint density at radius 3 is 2.53 bits per heavy atom. The number of nitrogens with zero attached hydrogens (tertiary/aromatic N) is 2. The van der Waals surface area contributed by atoms with Crippen LogP contribution in [0.1, 0.15) is 13.8 Å². The van der Waals surface area contributed by atoms with Gasteiger partial charge in [0, 0.05) is 17.3 Å². The van der Waals surface area contributed by atoms with Crippen molar-refractivity contribution in [1.82, 2.24) is 9.55 Å². The number of ether oxygens (including phenoxy) is 1. The molecule has 0 saturated heterocycles. The van der Waals surface area contributed by atoms with E-state index in [9.17, 15) is 13.2 Å². The molecule has 3 rings (SSSR count). The van der Waals surface area contributed by atoms with Gasteiger partial charge >= 0.3 is 0 Å². The van der Waals surface area contributed by atoms with Gasteiger partial charge in [-0.2, -0.15) is 0 Å². The number of nitrogens with two attached hydrogens (primary N) is 1. The maximum absolute atomic E-state index is 13.0. The summed E-state index contributed by atoms with van der Waals surface area (Å²) in [6, 6.07) is 11.0. The summed E-state index contributed by atoms with van der Waals surface area (Å²) in [5.41, 5.74) is 0.490. The lowest BCUT2D eigenvalue weighted by atomic mass is 10.2. The molecule has 0 aliphatic carbocycles. The van der Waals surface area contributed by atoms with Crippen LogP contribution in [-0.2, 0) is 16.6 Å². The average molecular weight is 468 g/mol. The summed E-state index contributed by atoms with van der Waals surface area (Å²) in [7, 11) is -3.73. The summed E-state index contributed by atoms with van der Waals surface area (Å²) in [6.45, 7) is 4.98. The van der Waals surface area contributed by atoms with Crippen LogP contribution in [0.25, 0.3) is 10.9 Å². The summed E-state index contributed by atoms with van der Waals surface area (Å²) < 4.78 is 29.9. The van der Waals surface area contributed by atoms with Crippen LogP contribution in [0.5, 0.6) is 5.75 Å². The van der Waals surface area contributed by atoms with Crippen molar-refractivity contribution < 1.29 is 13.2 Å². The fraction of sp³-hybridized carbons (Fsp3) is 0.300. The molecular weight excluding hydrogens is 446 g/mol. The second-order valence-corrected chi connectivity index (χ2v) is 10.1. The summed E-state index contributed by atoms with van der Waals surface area (Å²) in [5.74, 6) is 1.36. The van der Waals surface area contributed by atoms with Gasteiger partial charge in [-0.3, -0.25) is 9.36 Å². The molecule has 2 aromatic carbocycles. The molecule has 1 aromatic heterocycles. The maximum atomic E-state index is 13.0. The number of halogens is 1. The first-order valence-electron chi connectivity index (χ1n) is 9.23. The van der Waals surface area contributed by atoms with E-state index in [0.29, 0.717) is 45.7 Å². The normalized spacial score (nSPS) is 11.9. The molecule has 160 valence electrons. The van der Waals surface area contributed by atoms with Crippen LogP contribution in [-0.4, -0.2) is 30.3 Å². The second-order valence-electron chi connectivity index (χ2n) is 7.08. The molecule has 0 fully saturated rings. The van der Waals surface area contributed by atoms with Gasteiger partial charge in [0.15, 0.2) is 5.16 Å². The van der Waals surface area contributed by atoms with Crippen LogP contribution in [0.2, 0.25) is 5.02 Å². The number of hydrogen-bond donors (Lipinski definition) is 1. The highest BCUT2D eigenvalue weighted by Gasteiger charge is 2.13. The number of thioether (sulfide) groups is 1. The van der Waals surface area contributed by atoms with Gasteiger partial charge in [-0.1, -0.05) is 37.2 Å². The first-order valence-corrected chi connectivity index (χ1v) is 12.1. The van der Waals surface area contributed by atoms with Gasteiger partial charge in [-0.15, -0.1) is 0 Å². The Morgan fingerprint density at radius 1 is 1.20 bits per heavy atom. The Kier molecular flexibility index (Phi) is 7.07. The highest BCUT2D eigenvalue weighted by Crippen LogP contribution is 2.22. The topological polar surface area (TPSA) is 104 Å². The van der Waals surface area contributed by atoms with E-state index in [1.165, 1.54) is 23.9 Å². The molecule has 0 spiro atoms. The molecule has 0 amide bonds. The summed E-state index contributed by atoms with van der Waals surface area (Å²) in [4.78, 5) is 17.6. The molecule has 3 aromatic rings. The van der Waals surface area contributed by atoms with E-state index in [0.717, 1.165) is 0 Å². The van der Waals surface area contributed by atoms with Gasteiger partial charge < -0.3 is 4.74 Å². The summed E-state index contributed by atoms with van der Waals surface area (Å²) >= 11 is 7.47. The zero-order valence-corrected chi connectivity index (χ0v) is 18.9. The van der Waals surface area contributed by atoms with Crippen LogP contribution in [0.3, 0.4) is 0 Å². The fourth-order valence-electron chi connectivity index (χ4n) is 2.83. The van der Waals surface area contributed by atoms with Gasteiger partial charge in [0.25, 0.3) is 5.56 Å². The van der Waals surface area contributed by atoms with Crippen molar-refractivity contribution in [1.29, 1.82) is 0 Å². The molecule has 0 unspecified atom stereocenters. The lowest BCUT2D eigenvalue weighted by molar-refractivity contribution is 0.343. The lowest BCUT2D eigenvalue weighted by Gasteiger charge is -2.15. The van der Waals surface area contributed by atoms with Gasteiger partial charge in [0.2, 0.25) is 10.0 Å². The minimum Gasteiger partial charge on any atom is -0.493 e. The number of hydrogen-bond acceptors (Lipinski definition) is 6. The van der Waals surface area contributed by atoms with E-state index in [2.05, 4.69) is 4.98 Å². The third-order valence-corrected chi connectivity index (χ3v) is 6.27. The van der Waals surface area contributed by atoms with Crippen molar-refractivity contribution in [3.05, 3.63) is 57.8 Å². The number of rotatable bonds is 8. The SMILES string of the molecule is CC(C)Cn1c(SCCOc2ccc(S(N)(=O)=O)cc2)nc2ccc(Cl)cc2c1=O. The molecule has 0 saturated carbocycles. The van der Waals surface area contributed by atoms with E-state index >= 15 is 0 Å². The van der Waals surface area contributed by atoms with Crippen LogP contribution in [0, 0.1) is 5.92 Å². The van der Waals surface area contributed by atoms with E-state index < -0.39 is 10.0 Å². The number of benzene rings is 2. The Hall–Kier alpha value is -2.07. The minimum atomic E-state index is -3.73. The summed E-state index contributed by atoms with van der Waals surface area (Å²) in [6.07, 6.45) is 0. The fourth-order valence-corrected chi connectivity index (χ4v) is 4.34. The molecule has 1 heterocycles. The zero-order valence-electron chi connectivity index (χ0n) is 16.5. The first kappa shape index (κ1) is 22.6. The number of sulfonamides is 1. The van der Waals surface area contributed by atoms with E-state index in [1.54, 1.807) is 34.9 Å². The van der Waals surface area contributed by atoms with Crippen molar-refractivity contribution >= 4 is 44.3 Å². The van der Waals surface area contributed by atoms with Crippen LogP contribution in [0.4, 0.5) is 0 Å². The minimum absolute atomic E-state index is 0.0300. The van der Waals surface area contributed by atoms with Gasteiger partial charge in [0.05, 0.1) is 22.4 Å². The third-order valence-electron chi connectivity index (χ3n) is 4.16. The average Bonchev–Trinajstić information content (AvgIpc) is 2.68. The highest BCUT2D eigenvalue weighted by atomic mass is 35.5. The monoisotopic (exact) mass is 467 g/mol. The number of fused-ring (bicyclic) bond motifs is 1. The first-order chi connectivity index (χ1) is 14.1. The highest BCUT2D eigenvalue weighted by molar-refractivity contribution is 7.99. The van der Waals surface area contributed by atoms with E-state index in [-0.39, 0.29) is 16.4 Å². The molecule has 2 N–H and O–H groups in total. The molecule has 10 heteroatoms. The molecule has 7 nitrogen and oxygen atoms in total. The lowest BCUT2D eigenvalue weighted by Crippen LogP contribution is -2.25. The Morgan fingerprint density at radius 2 is 1.90 bits per heavy atom. The molecule has 30 heavy (non-hydrogen) atoms. The van der Waals surface area contributed by atoms with Gasteiger partial charge in [-0.25, -0.2) is 18.5 Å². The molecule has 0 atom stereocenters. The maximum Gasteiger partial charge on any atom is 0.262 e. The standard InChI is InChI=1S/C20H22ClN3O4S2/c1-13(2)12-24-19(25)17-11-14(21)3-8-18(17)23-20(24)29-10-9-28-15-4-6-16(7-5-15)30(22,26)27/h3-8,11,13H,9-10,12H2,1-2H3,(H2,22,26,27). The molecule has 0 aliphatic heterocycles. The molecular formula is C20H22ClN3O4S2. The van der Waals surface area contributed by atoms with Crippen molar-refractivity contribution in [2.24, 2.45) is 11.1 Å². The van der Waals surface area contributed by atoms with Crippen LogP contribution < -0.4 is 15.4 Å². The van der Waals surface area contributed by atoms with Gasteiger partial charge in [0.1, 0.15) is 5.75 Å². The van der Waals surface area contributed by atoms with Gasteiger partial charge in [-0.05, 0) is 48.4 Å². The van der Waals surface area contributed by atoms with E-state index in [4.69, 9.17) is 21.5 Å². The Bertz CT molecular complexity index is 1210. The molecule has 0 aliphatic rings. The smallest absolute Gasteiger partial charge is 0.262 e. The zero-order chi connectivity index (χ0) is 21.9. The Labute approximate surface area is 184 Å². The van der Waals surface area contributed by atoms with Crippen molar-refractivity contribution in [2.75, 3.05) is 12.4 Å². The molecule has 0 radical (unpaired) electrons. The van der Waals surface area contributed by atoms with Crippen LogP contribution in [0.15, 0.2) is 57.3 Å². The van der Waals surface area contributed by atoms with Crippen molar-refractivity contribution in [3.8, 4) is 5.75 Å². The Balaban J connectivity index is 1.73. The summed E-state index contributed by atoms with van der Waals surface area (Å²) in [5, 5.41) is 6.71. The number of primary sulfonamides is 1. The third kappa shape index (κ3) is 5.54. The van der Waals surface area contributed by atoms with Crippen molar-refractivity contribution in [3.63, 3.8) is 0 Å². The van der Waals surface area contributed by atoms with Crippen LogP contribution >= 0.6 is 23.4 Å².